The molecule has 3 nitrogen and oxygen atoms in total. The molecule has 0 N–H and O–H groups in total. The number of hydrogen-bond donors (Lipinski definition) is 0. The largest absolute Gasteiger partial charge is 0.272 e. The van der Waals surface area contributed by atoms with Crippen molar-refractivity contribution in [3.05, 3.63) is 46.4 Å². The standard InChI is InChI=1S/C12H14NO2/c14-13(15)12-7-2-1-5-11(12)6-3-4-10-8-9-10/h1-2,4-5,7,10H,3,6,8-9H2. The van der Waals surface area contributed by atoms with Gasteiger partial charge in [0.1, 0.15) is 0 Å². The summed E-state index contributed by atoms with van der Waals surface area (Å²) in [4.78, 5) is 10.4. The Labute approximate surface area is 89.3 Å². The van der Waals surface area contributed by atoms with Crippen molar-refractivity contribution < 1.29 is 4.92 Å². The topological polar surface area (TPSA) is 43.1 Å². The van der Waals surface area contributed by atoms with Crippen LogP contribution in [0.1, 0.15) is 24.8 Å². The highest BCUT2D eigenvalue weighted by Gasteiger charge is 2.21. The summed E-state index contributed by atoms with van der Waals surface area (Å²) < 4.78 is 0. The van der Waals surface area contributed by atoms with Crippen molar-refractivity contribution in [1.29, 1.82) is 0 Å². The number of nitro benzene ring substituents is 1. The summed E-state index contributed by atoms with van der Waals surface area (Å²) in [5.74, 6) is 0.785. The molecule has 2 rings (SSSR count). The zero-order valence-electron chi connectivity index (χ0n) is 8.56. The van der Waals surface area contributed by atoms with E-state index in [2.05, 4.69) is 6.42 Å². The van der Waals surface area contributed by atoms with Crippen LogP contribution < -0.4 is 0 Å². The second kappa shape index (κ2) is 4.43. The smallest absolute Gasteiger partial charge is 0.258 e. The fourth-order valence-electron chi connectivity index (χ4n) is 1.71. The number of benzene rings is 1. The van der Waals surface area contributed by atoms with Crippen LogP contribution in [0.3, 0.4) is 0 Å². The summed E-state index contributed by atoms with van der Waals surface area (Å²) in [6, 6.07) is 7.00. The molecule has 15 heavy (non-hydrogen) atoms. The van der Waals surface area contributed by atoms with Crippen molar-refractivity contribution in [2.75, 3.05) is 0 Å². The first-order valence-corrected chi connectivity index (χ1v) is 5.33. The lowest BCUT2D eigenvalue weighted by Gasteiger charge is -2.01. The van der Waals surface area contributed by atoms with Crippen molar-refractivity contribution in [2.24, 2.45) is 5.92 Å². The minimum absolute atomic E-state index is 0.252. The van der Waals surface area contributed by atoms with Crippen LogP contribution in [0.4, 0.5) is 5.69 Å². The third kappa shape index (κ3) is 2.78. The van der Waals surface area contributed by atoms with Gasteiger partial charge in [-0.2, -0.15) is 0 Å². The number of rotatable bonds is 5. The molecular weight excluding hydrogens is 190 g/mol. The minimum Gasteiger partial charge on any atom is -0.258 e. The molecule has 1 saturated carbocycles. The quantitative estimate of drug-likeness (QED) is 0.546. The van der Waals surface area contributed by atoms with E-state index in [4.69, 9.17) is 0 Å². The monoisotopic (exact) mass is 204 g/mol. The molecule has 0 unspecified atom stereocenters. The highest BCUT2D eigenvalue weighted by molar-refractivity contribution is 5.39. The van der Waals surface area contributed by atoms with Crippen LogP contribution in [0.2, 0.25) is 0 Å². The summed E-state index contributed by atoms with van der Waals surface area (Å²) >= 11 is 0. The van der Waals surface area contributed by atoms with E-state index in [9.17, 15) is 10.1 Å². The lowest BCUT2D eigenvalue weighted by molar-refractivity contribution is -0.385. The number of para-hydroxylation sites is 1. The van der Waals surface area contributed by atoms with Gasteiger partial charge in [0.15, 0.2) is 0 Å². The van der Waals surface area contributed by atoms with Crippen molar-refractivity contribution in [1.82, 2.24) is 0 Å². The fraction of sp³-hybridized carbons (Fsp3) is 0.417. The van der Waals surface area contributed by atoms with Crippen LogP contribution in [0.15, 0.2) is 24.3 Å². The van der Waals surface area contributed by atoms with Gasteiger partial charge >= 0.3 is 0 Å². The molecule has 1 radical (unpaired) electrons. The molecule has 1 aliphatic rings. The van der Waals surface area contributed by atoms with E-state index in [0.717, 1.165) is 24.3 Å². The Morgan fingerprint density at radius 1 is 1.40 bits per heavy atom. The number of hydrogen-bond acceptors (Lipinski definition) is 2. The second-order valence-electron chi connectivity index (χ2n) is 4.00. The number of nitro groups is 1. The number of nitrogens with zero attached hydrogens (tertiary/aromatic N) is 1. The van der Waals surface area contributed by atoms with Crippen molar-refractivity contribution >= 4 is 5.69 Å². The van der Waals surface area contributed by atoms with Crippen LogP contribution in [0.5, 0.6) is 0 Å². The Morgan fingerprint density at radius 2 is 2.13 bits per heavy atom. The molecule has 1 fully saturated rings. The van der Waals surface area contributed by atoms with E-state index in [1.54, 1.807) is 12.1 Å². The molecule has 0 spiro atoms. The highest BCUT2D eigenvalue weighted by Crippen LogP contribution is 2.33. The van der Waals surface area contributed by atoms with E-state index in [0.29, 0.717) is 0 Å². The van der Waals surface area contributed by atoms with Gasteiger partial charge in [-0.1, -0.05) is 18.2 Å². The average Bonchev–Trinajstić information content (AvgIpc) is 3.02. The first-order valence-electron chi connectivity index (χ1n) is 5.33. The summed E-state index contributed by atoms with van der Waals surface area (Å²) in [5, 5.41) is 10.7. The third-order valence-corrected chi connectivity index (χ3v) is 2.72. The van der Waals surface area contributed by atoms with Gasteiger partial charge in [-0.25, -0.2) is 0 Å². The van der Waals surface area contributed by atoms with Gasteiger partial charge in [0.25, 0.3) is 5.69 Å². The van der Waals surface area contributed by atoms with Crippen molar-refractivity contribution in [3.8, 4) is 0 Å². The summed E-state index contributed by atoms with van der Waals surface area (Å²) in [6.45, 7) is 0. The van der Waals surface area contributed by atoms with E-state index in [1.165, 1.54) is 12.8 Å². The maximum atomic E-state index is 10.7. The molecule has 0 heterocycles. The van der Waals surface area contributed by atoms with Gasteiger partial charge < -0.3 is 0 Å². The minimum atomic E-state index is -0.299. The first kappa shape index (κ1) is 10.1. The zero-order valence-corrected chi connectivity index (χ0v) is 8.56. The third-order valence-electron chi connectivity index (χ3n) is 2.72. The van der Waals surface area contributed by atoms with Crippen molar-refractivity contribution in [2.45, 2.75) is 25.7 Å². The Bertz CT molecular complexity index is 358. The van der Waals surface area contributed by atoms with Gasteiger partial charge in [0, 0.05) is 11.6 Å². The van der Waals surface area contributed by atoms with Crippen LogP contribution in [0.25, 0.3) is 0 Å². The molecule has 0 aliphatic heterocycles. The maximum absolute atomic E-state index is 10.7. The predicted molar refractivity (Wildman–Crippen MR) is 58.4 cm³/mol. The van der Waals surface area contributed by atoms with Crippen LogP contribution in [0, 0.1) is 22.5 Å². The maximum Gasteiger partial charge on any atom is 0.272 e. The molecule has 1 aliphatic carbocycles. The molecule has 0 bridgehead atoms. The summed E-state index contributed by atoms with van der Waals surface area (Å²) in [7, 11) is 0. The predicted octanol–water partition coefficient (Wildman–Crippen LogP) is 3.14. The van der Waals surface area contributed by atoms with Gasteiger partial charge in [0.05, 0.1) is 4.92 Å². The normalized spacial score (nSPS) is 15.2. The van der Waals surface area contributed by atoms with Crippen molar-refractivity contribution in [3.63, 3.8) is 0 Å². The SMILES string of the molecule is O=[N+]([O-])c1ccccc1CC[CH]C1CC1. The molecule has 1 aromatic carbocycles. The number of aryl methyl sites for hydroxylation is 1. The van der Waals surface area contributed by atoms with Crippen LogP contribution in [-0.2, 0) is 6.42 Å². The molecular formula is C12H14NO2. The van der Waals surface area contributed by atoms with Gasteiger partial charge in [-0.05, 0) is 38.0 Å². The van der Waals surface area contributed by atoms with Gasteiger partial charge in [0.2, 0.25) is 0 Å². The lowest BCUT2D eigenvalue weighted by Crippen LogP contribution is -1.95. The average molecular weight is 204 g/mol. The summed E-state index contributed by atoms with van der Waals surface area (Å²) in [6.07, 6.45) is 6.63. The fourth-order valence-corrected chi connectivity index (χ4v) is 1.71. The Kier molecular flexibility index (Phi) is 2.99. The molecule has 0 amide bonds. The molecule has 0 atom stereocenters. The summed E-state index contributed by atoms with van der Waals surface area (Å²) in [5.41, 5.74) is 1.10. The second-order valence-corrected chi connectivity index (χ2v) is 4.00. The molecule has 0 aromatic heterocycles. The lowest BCUT2D eigenvalue weighted by atomic mass is 10.0. The van der Waals surface area contributed by atoms with Crippen LogP contribution in [-0.4, -0.2) is 4.92 Å². The molecule has 0 saturated heterocycles. The van der Waals surface area contributed by atoms with E-state index in [-0.39, 0.29) is 10.6 Å². The highest BCUT2D eigenvalue weighted by atomic mass is 16.6. The Balaban J connectivity index is 1.95. The first-order chi connectivity index (χ1) is 7.27. The molecule has 1 aromatic rings. The van der Waals surface area contributed by atoms with E-state index in [1.807, 2.05) is 12.1 Å². The van der Waals surface area contributed by atoms with E-state index < -0.39 is 0 Å². The Hall–Kier alpha value is -1.38. The van der Waals surface area contributed by atoms with E-state index >= 15 is 0 Å². The molecule has 79 valence electrons. The van der Waals surface area contributed by atoms with Gasteiger partial charge in [-0.3, -0.25) is 10.1 Å². The Morgan fingerprint density at radius 3 is 2.80 bits per heavy atom. The zero-order chi connectivity index (χ0) is 10.7. The van der Waals surface area contributed by atoms with Crippen LogP contribution >= 0.6 is 0 Å². The van der Waals surface area contributed by atoms with Gasteiger partial charge in [-0.15, -0.1) is 0 Å². The molecule has 3 heteroatoms.